The average Bonchev–Trinajstić information content (AvgIpc) is 2.95. The van der Waals surface area contributed by atoms with Gasteiger partial charge in [-0.25, -0.2) is 9.18 Å². The van der Waals surface area contributed by atoms with Crippen molar-refractivity contribution in [1.82, 2.24) is 0 Å². The fraction of sp³-hybridized carbons (Fsp3) is 0.182. The monoisotopic (exact) mass is 415 g/mol. The summed E-state index contributed by atoms with van der Waals surface area (Å²) >= 11 is 5.87. The molecular weight excluding hydrogens is 397 g/mol. The smallest absolute Gasteiger partial charge is 0.340 e. The zero-order valence-electron chi connectivity index (χ0n) is 16.2. The Bertz CT molecular complexity index is 1030. The number of nitrogens with zero attached hydrogens (tertiary/aromatic N) is 1. The summed E-state index contributed by atoms with van der Waals surface area (Å²) in [6.45, 7) is 4.06. The van der Waals surface area contributed by atoms with Gasteiger partial charge in [-0.1, -0.05) is 23.7 Å². The molecule has 0 spiro atoms. The first-order chi connectivity index (χ1) is 13.9. The minimum Gasteiger partial charge on any atom is -0.494 e. The maximum Gasteiger partial charge on any atom is 0.340 e. The molecule has 0 aliphatic carbocycles. The Labute approximate surface area is 173 Å². The number of benzene rings is 2. The van der Waals surface area contributed by atoms with Crippen LogP contribution in [0.15, 0.2) is 59.3 Å². The molecule has 1 heterocycles. The van der Waals surface area contributed by atoms with Crippen molar-refractivity contribution in [2.24, 2.45) is 0 Å². The maximum absolute atomic E-state index is 13.5. The molecule has 3 rings (SSSR count). The Balaban J connectivity index is 2.07. The summed E-state index contributed by atoms with van der Waals surface area (Å²) in [5.74, 6) is -0.958. The van der Waals surface area contributed by atoms with Crippen molar-refractivity contribution in [3.8, 4) is 5.75 Å². The van der Waals surface area contributed by atoms with Crippen LogP contribution in [0.25, 0.3) is 6.08 Å². The van der Waals surface area contributed by atoms with Crippen molar-refractivity contribution in [3.05, 3.63) is 75.7 Å². The van der Waals surface area contributed by atoms with Gasteiger partial charge in [0.15, 0.2) is 0 Å². The van der Waals surface area contributed by atoms with Gasteiger partial charge in [0, 0.05) is 5.70 Å². The Morgan fingerprint density at radius 1 is 1.21 bits per heavy atom. The van der Waals surface area contributed by atoms with Gasteiger partial charge in [-0.05, 0) is 55.8 Å². The van der Waals surface area contributed by atoms with Crippen molar-refractivity contribution < 1.29 is 23.5 Å². The second-order valence-electron chi connectivity index (χ2n) is 6.25. The standard InChI is InChI=1S/C22H19ClFNO4/c1-4-29-16-8-5-14(6-9-16)11-17-20(22(27)28-3)13(2)25(21(17)26)15-7-10-19(24)18(23)12-15/h5-12H,4H2,1-3H3/b17-11-. The van der Waals surface area contributed by atoms with Crippen LogP contribution in [0.3, 0.4) is 0 Å². The highest BCUT2D eigenvalue weighted by Crippen LogP contribution is 2.36. The molecule has 0 saturated heterocycles. The lowest BCUT2D eigenvalue weighted by Gasteiger charge is -2.18. The van der Waals surface area contributed by atoms with Crippen molar-refractivity contribution in [3.63, 3.8) is 0 Å². The quantitative estimate of drug-likeness (QED) is 0.522. The fourth-order valence-corrected chi connectivity index (χ4v) is 3.28. The Morgan fingerprint density at radius 2 is 1.90 bits per heavy atom. The highest BCUT2D eigenvalue weighted by atomic mass is 35.5. The van der Waals surface area contributed by atoms with E-state index < -0.39 is 17.7 Å². The van der Waals surface area contributed by atoms with Crippen molar-refractivity contribution in [2.75, 3.05) is 18.6 Å². The summed E-state index contributed by atoms with van der Waals surface area (Å²) < 4.78 is 23.8. The van der Waals surface area contributed by atoms with Gasteiger partial charge in [0.1, 0.15) is 11.6 Å². The van der Waals surface area contributed by atoms with Crippen LogP contribution in [0.1, 0.15) is 19.4 Å². The van der Waals surface area contributed by atoms with E-state index in [1.54, 1.807) is 37.3 Å². The lowest BCUT2D eigenvalue weighted by Crippen LogP contribution is -2.24. The van der Waals surface area contributed by atoms with Crippen molar-refractivity contribution >= 4 is 35.2 Å². The number of amides is 1. The van der Waals surface area contributed by atoms with E-state index in [1.807, 2.05) is 6.92 Å². The minimum absolute atomic E-state index is 0.119. The molecule has 0 bridgehead atoms. The summed E-state index contributed by atoms with van der Waals surface area (Å²) in [5, 5.41) is -0.119. The Hall–Kier alpha value is -3.12. The molecule has 150 valence electrons. The molecule has 2 aromatic carbocycles. The third kappa shape index (κ3) is 4.03. The molecule has 7 heteroatoms. The molecule has 0 atom stereocenters. The van der Waals surface area contributed by atoms with Gasteiger partial charge in [-0.3, -0.25) is 9.69 Å². The number of ether oxygens (including phenoxy) is 2. The molecule has 0 unspecified atom stereocenters. The molecule has 1 aliphatic heterocycles. The van der Waals surface area contributed by atoms with E-state index in [2.05, 4.69) is 0 Å². The highest BCUT2D eigenvalue weighted by molar-refractivity contribution is 6.31. The van der Waals surface area contributed by atoms with E-state index in [0.717, 1.165) is 0 Å². The second kappa shape index (κ2) is 8.49. The van der Waals surface area contributed by atoms with Crippen molar-refractivity contribution in [2.45, 2.75) is 13.8 Å². The molecule has 0 radical (unpaired) electrons. The normalized spacial score (nSPS) is 15.3. The molecule has 0 N–H and O–H groups in total. The molecular formula is C22H19ClFNO4. The number of methoxy groups -OCH3 is 1. The number of carbonyl (C=O) groups excluding carboxylic acids is 2. The van der Waals surface area contributed by atoms with Gasteiger partial charge in [-0.2, -0.15) is 0 Å². The predicted molar refractivity (Wildman–Crippen MR) is 109 cm³/mol. The topological polar surface area (TPSA) is 55.8 Å². The predicted octanol–water partition coefficient (Wildman–Crippen LogP) is 4.76. The van der Waals surface area contributed by atoms with Gasteiger partial charge in [0.2, 0.25) is 0 Å². The summed E-state index contributed by atoms with van der Waals surface area (Å²) in [4.78, 5) is 26.9. The van der Waals surface area contributed by atoms with Gasteiger partial charge >= 0.3 is 5.97 Å². The number of allylic oxidation sites excluding steroid dienone is 1. The maximum atomic E-state index is 13.5. The van der Waals surface area contributed by atoms with Gasteiger partial charge < -0.3 is 9.47 Å². The van der Waals surface area contributed by atoms with Crippen LogP contribution in [0.5, 0.6) is 5.75 Å². The largest absolute Gasteiger partial charge is 0.494 e. The summed E-state index contributed by atoms with van der Waals surface area (Å²) in [5.41, 5.74) is 1.77. The lowest BCUT2D eigenvalue weighted by atomic mass is 10.0. The second-order valence-corrected chi connectivity index (χ2v) is 6.66. The Kier molecular flexibility index (Phi) is 6.03. The van der Waals surface area contributed by atoms with E-state index in [9.17, 15) is 14.0 Å². The molecule has 1 aliphatic rings. The number of esters is 1. The molecule has 29 heavy (non-hydrogen) atoms. The first-order valence-corrected chi connectivity index (χ1v) is 9.28. The van der Waals surface area contributed by atoms with Crippen LogP contribution in [-0.2, 0) is 14.3 Å². The minimum atomic E-state index is -0.635. The van der Waals surface area contributed by atoms with E-state index in [-0.39, 0.29) is 16.2 Å². The third-order valence-electron chi connectivity index (χ3n) is 4.45. The van der Waals surface area contributed by atoms with Gasteiger partial charge in [0.25, 0.3) is 5.91 Å². The fourth-order valence-electron chi connectivity index (χ4n) is 3.11. The summed E-state index contributed by atoms with van der Waals surface area (Å²) in [6.07, 6.45) is 1.61. The first-order valence-electron chi connectivity index (χ1n) is 8.91. The average molecular weight is 416 g/mol. The third-order valence-corrected chi connectivity index (χ3v) is 4.74. The molecule has 0 saturated carbocycles. The van der Waals surface area contributed by atoms with Crippen LogP contribution in [0.4, 0.5) is 10.1 Å². The number of hydrogen-bond acceptors (Lipinski definition) is 4. The molecule has 0 aromatic heterocycles. The molecule has 1 amide bonds. The van der Waals surface area contributed by atoms with Crippen molar-refractivity contribution in [1.29, 1.82) is 0 Å². The van der Waals surface area contributed by atoms with Crippen LogP contribution < -0.4 is 9.64 Å². The van der Waals surface area contributed by atoms with E-state index in [1.165, 1.54) is 30.2 Å². The number of anilines is 1. The molecule has 0 fully saturated rings. The van der Waals surface area contributed by atoms with Crippen LogP contribution in [0, 0.1) is 5.82 Å². The SMILES string of the molecule is CCOc1ccc(/C=C2\C(=O)N(c3ccc(F)c(Cl)c3)C(C)=C2C(=O)OC)cc1. The van der Waals surface area contributed by atoms with Crippen LogP contribution in [-0.4, -0.2) is 25.6 Å². The van der Waals surface area contributed by atoms with Crippen LogP contribution >= 0.6 is 11.6 Å². The number of halogens is 2. The first kappa shape index (κ1) is 20.6. The zero-order chi connectivity index (χ0) is 21.1. The van der Waals surface area contributed by atoms with Gasteiger partial charge in [0.05, 0.1) is 35.6 Å². The summed E-state index contributed by atoms with van der Waals surface area (Å²) in [7, 11) is 1.25. The van der Waals surface area contributed by atoms with E-state index in [0.29, 0.717) is 29.3 Å². The highest BCUT2D eigenvalue weighted by Gasteiger charge is 2.38. The van der Waals surface area contributed by atoms with E-state index >= 15 is 0 Å². The molecule has 2 aromatic rings. The molecule has 5 nitrogen and oxygen atoms in total. The number of carbonyl (C=O) groups is 2. The van der Waals surface area contributed by atoms with Crippen LogP contribution in [0.2, 0.25) is 5.02 Å². The number of rotatable bonds is 5. The Morgan fingerprint density at radius 3 is 2.48 bits per heavy atom. The zero-order valence-corrected chi connectivity index (χ0v) is 16.9. The number of hydrogen-bond donors (Lipinski definition) is 0. The van der Waals surface area contributed by atoms with Gasteiger partial charge in [-0.15, -0.1) is 0 Å². The summed E-state index contributed by atoms with van der Waals surface area (Å²) in [6, 6.07) is 11.1. The lowest BCUT2D eigenvalue weighted by molar-refractivity contribution is -0.136. The van der Waals surface area contributed by atoms with E-state index in [4.69, 9.17) is 21.1 Å².